The summed E-state index contributed by atoms with van der Waals surface area (Å²) in [6.45, 7) is 0.890. The zero-order chi connectivity index (χ0) is 24.5. The summed E-state index contributed by atoms with van der Waals surface area (Å²) in [5.41, 5.74) is 0.198. The number of imide groups is 1. The molecule has 1 heterocycles. The van der Waals surface area contributed by atoms with E-state index in [4.69, 9.17) is 0 Å². The van der Waals surface area contributed by atoms with Crippen molar-refractivity contribution in [2.75, 3.05) is 13.6 Å². The lowest BCUT2D eigenvalue weighted by Gasteiger charge is -2.30. The van der Waals surface area contributed by atoms with Crippen molar-refractivity contribution in [3.8, 4) is 0 Å². The highest BCUT2D eigenvalue weighted by Crippen LogP contribution is 2.31. The second-order valence-electron chi connectivity index (χ2n) is 8.30. The maximum atomic E-state index is 13.8. The second-order valence-corrected chi connectivity index (χ2v) is 8.30. The summed E-state index contributed by atoms with van der Waals surface area (Å²) in [4.78, 5) is 41.4. The normalized spacial score (nSPS) is 17.7. The molecule has 3 aromatic carbocycles. The van der Waals surface area contributed by atoms with E-state index in [0.29, 0.717) is 0 Å². The van der Waals surface area contributed by atoms with Crippen LogP contribution < -0.4 is 5.32 Å². The summed E-state index contributed by atoms with van der Waals surface area (Å²) in [5.74, 6) is -3.38. The molecule has 1 aliphatic heterocycles. The van der Waals surface area contributed by atoms with E-state index in [1.165, 1.54) is 17.9 Å². The van der Waals surface area contributed by atoms with Crippen LogP contribution in [0.1, 0.15) is 29.7 Å². The molecule has 1 N–H and O–H groups in total. The number of amides is 4. The Hall–Kier alpha value is -4.07. The van der Waals surface area contributed by atoms with Gasteiger partial charge < -0.3 is 10.2 Å². The Morgan fingerprint density at radius 1 is 0.941 bits per heavy atom. The van der Waals surface area contributed by atoms with Gasteiger partial charge in [0.05, 0.1) is 6.04 Å². The minimum Gasteiger partial charge on any atom is -0.333 e. The number of nitrogens with zero attached hydrogens (tertiary/aromatic N) is 2. The molecule has 174 valence electrons. The molecule has 1 atom stereocenters. The molecule has 4 rings (SSSR count). The maximum absolute atomic E-state index is 13.8. The van der Waals surface area contributed by atoms with Gasteiger partial charge in [0.1, 0.15) is 12.1 Å². The monoisotopic (exact) mass is 463 g/mol. The summed E-state index contributed by atoms with van der Waals surface area (Å²) < 4.78 is 27.1. The Balaban J connectivity index is 1.59. The first-order valence-corrected chi connectivity index (χ1v) is 10.7. The van der Waals surface area contributed by atoms with Crippen LogP contribution in [0.3, 0.4) is 0 Å². The minimum atomic E-state index is -1.62. The van der Waals surface area contributed by atoms with Crippen LogP contribution in [0.2, 0.25) is 0 Å². The quantitative estimate of drug-likeness (QED) is 0.563. The summed E-state index contributed by atoms with van der Waals surface area (Å²) in [6, 6.07) is 20.6. The minimum absolute atomic E-state index is 0.0829. The van der Waals surface area contributed by atoms with E-state index < -0.39 is 47.6 Å². The van der Waals surface area contributed by atoms with E-state index in [1.807, 2.05) is 60.7 Å². The third-order valence-corrected chi connectivity index (χ3v) is 6.08. The molecule has 0 saturated carbocycles. The Morgan fingerprint density at radius 2 is 1.50 bits per heavy atom. The van der Waals surface area contributed by atoms with Gasteiger partial charge in [-0.2, -0.15) is 0 Å². The van der Waals surface area contributed by atoms with Crippen LogP contribution in [0.15, 0.2) is 78.9 Å². The molecule has 6 nitrogen and oxygen atoms in total. The van der Waals surface area contributed by atoms with E-state index in [-0.39, 0.29) is 5.56 Å². The molecule has 0 aliphatic carbocycles. The van der Waals surface area contributed by atoms with E-state index in [1.54, 1.807) is 7.05 Å². The molecule has 8 heteroatoms. The van der Waals surface area contributed by atoms with Gasteiger partial charge >= 0.3 is 6.03 Å². The van der Waals surface area contributed by atoms with Gasteiger partial charge in [-0.05, 0) is 35.7 Å². The molecule has 1 fully saturated rings. The predicted molar refractivity (Wildman–Crippen MR) is 121 cm³/mol. The Kier molecular flexibility index (Phi) is 6.15. The fourth-order valence-corrected chi connectivity index (χ4v) is 4.14. The summed E-state index contributed by atoms with van der Waals surface area (Å²) in [7, 11) is 1.61. The molecule has 4 amide bonds. The van der Waals surface area contributed by atoms with Crippen molar-refractivity contribution in [2.45, 2.75) is 18.5 Å². The molecular formula is C26H23F2N3O3. The third kappa shape index (κ3) is 4.14. The molecule has 3 aromatic rings. The number of urea groups is 1. The number of carbonyl (C=O) groups excluding carboxylic acids is 3. The van der Waals surface area contributed by atoms with Crippen LogP contribution in [-0.4, -0.2) is 41.2 Å². The first-order valence-electron chi connectivity index (χ1n) is 10.7. The number of rotatable bonds is 6. The average molecular weight is 463 g/mol. The van der Waals surface area contributed by atoms with Crippen LogP contribution in [-0.2, 0) is 15.1 Å². The number of hydrogen-bond acceptors (Lipinski definition) is 3. The van der Waals surface area contributed by atoms with E-state index in [2.05, 4.69) is 5.32 Å². The van der Waals surface area contributed by atoms with Gasteiger partial charge in [-0.15, -0.1) is 0 Å². The highest BCUT2D eigenvalue weighted by atomic mass is 19.2. The fourth-order valence-electron chi connectivity index (χ4n) is 4.14. The Bertz CT molecular complexity index is 1200. The highest BCUT2D eigenvalue weighted by Gasteiger charge is 2.50. The molecule has 0 spiro atoms. The third-order valence-electron chi connectivity index (χ3n) is 6.08. The maximum Gasteiger partial charge on any atom is 0.325 e. The zero-order valence-corrected chi connectivity index (χ0v) is 18.7. The van der Waals surface area contributed by atoms with Gasteiger partial charge in [-0.1, -0.05) is 66.7 Å². The Labute approximate surface area is 195 Å². The van der Waals surface area contributed by atoms with Gasteiger partial charge in [-0.25, -0.2) is 13.6 Å². The van der Waals surface area contributed by atoms with Crippen LogP contribution in [0.4, 0.5) is 13.6 Å². The van der Waals surface area contributed by atoms with E-state index >= 15 is 0 Å². The smallest absolute Gasteiger partial charge is 0.325 e. The van der Waals surface area contributed by atoms with Crippen molar-refractivity contribution in [2.24, 2.45) is 0 Å². The molecule has 1 unspecified atom stereocenters. The van der Waals surface area contributed by atoms with Crippen LogP contribution in [0.5, 0.6) is 0 Å². The van der Waals surface area contributed by atoms with Crippen LogP contribution >= 0.6 is 0 Å². The number of halogens is 2. The number of benzene rings is 3. The van der Waals surface area contributed by atoms with Gasteiger partial charge in [0.15, 0.2) is 11.6 Å². The number of nitrogens with one attached hydrogen (secondary N) is 1. The molecule has 1 saturated heterocycles. The van der Waals surface area contributed by atoms with Gasteiger partial charge in [0.25, 0.3) is 5.91 Å². The van der Waals surface area contributed by atoms with Crippen molar-refractivity contribution in [1.29, 1.82) is 0 Å². The van der Waals surface area contributed by atoms with Crippen LogP contribution in [0, 0.1) is 11.6 Å². The number of likely N-dealkylation sites (N-methyl/N-ethyl adjacent to an activating group) is 1. The summed E-state index contributed by atoms with van der Waals surface area (Å²) in [5, 5.41) is 2.51. The van der Waals surface area contributed by atoms with Crippen molar-refractivity contribution in [3.05, 3.63) is 107 Å². The van der Waals surface area contributed by atoms with Crippen molar-refractivity contribution < 1.29 is 23.2 Å². The molecule has 0 bridgehead atoms. The van der Waals surface area contributed by atoms with Crippen molar-refractivity contribution in [3.63, 3.8) is 0 Å². The first kappa shape index (κ1) is 23.1. The van der Waals surface area contributed by atoms with E-state index in [0.717, 1.165) is 28.2 Å². The van der Waals surface area contributed by atoms with Crippen molar-refractivity contribution in [1.82, 2.24) is 15.1 Å². The Morgan fingerprint density at radius 3 is 2.03 bits per heavy atom. The first-order chi connectivity index (χ1) is 16.2. The molecular weight excluding hydrogens is 440 g/mol. The van der Waals surface area contributed by atoms with Crippen LogP contribution in [0.25, 0.3) is 0 Å². The van der Waals surface area contributed by atoms with Gasteiger partial charge in [0.2, 0.25) is 5.91 Å². The molecule has 0 aromatic heterocycles. The molecule has 0 radical (unpaired) electrons. The largest absolute Gasteiger partial charge is 0.333 e. The molecule has 34 heavy (non-hydrogen) atoms. The predicted octanol–water partition coefficient (Wildman–Crippen LogP) is 3.98. The zero-order valence-electron chi connectivity index (χ0n) is 18.7. The number of carbonyl (C=O) groups is 3. The summed E-state index contributed by atoms with van der Waals surface area (Å²) >= 11 is 0. The van der Waals surface area contributed by atoms with Gasteiger partial charge in [-0.3, -0.25) is 14.5 Å². The average Bonchev–Trinajstić information content (AvgIpc) is 3.06. The van der Waals surface area contributed by atoms with E-state index in [9.17, 15) is 23.2 Å². The van der Waals surface area contributed by atoms with Gasteiger partial charge in [0, 0.05) is 7.05 Å². The lowest BCUT2D eigenvalue weighted by atomic mass is 9.92. The molecule has 1 aliphatic rings. The summed E-state index contributed by atoms with van der Waals surface area (Å²) in [6.07, 6.45) is 0. The fraction of sp³-hybridized carbons (Fsp3) is 0.192. The SMILES string of the molecule is CN(C(=O)CN1C(=O)NC(C)(c2ccc(F)c(F)c2)C1=O)C(c1ccccc1)c1ccccc1. The standard InChI is InChI=1S/C26H23F2N3O3/c1-26(19-13-14-20(27)21(28)15-19)24(33)31(25(34)29-26)16-22(32)30(2)23(17-9-5-3-6-10-17)18-11-7-4-8-12-18/h3-15,23H,16H2,1-2H3,(H,29,34). The second kappa shape index (κ2) is 9.05. The topological polar surface area (TPSA) is 69.7 Å². The lowest BCUT2D eigenvalue weighted by Crippen LogP contribution is -2.44. The lowest BCUT2D eigenvalue weighted by molar-refractivity contribution is -0.139. The highest BCUT2D eigenvalue weighted by molar-refractivity contribution is 6.09. The number of hydrogen-bond donors (Lipinski definition) is 1. The van der Waals surface area contributed by atoms with Crippen molar-refractivity contribution >= 4 is 17.8 Å².